The second kappa shape index (κ2) is 4.66. The Labute approximate surface area is 96.6 Å². The number of anilines is 1. The molecule has 2 rings (SSSR count). The van der Waals surface area contributed by atoms with Gasteiger partial charge in [-0.1, -0.05) is 12.5 Å². The molecule has 1 unspecified atom stereocenters. The molecule has 0 aromatic carbocycles. The van der Waals surface area contributed by atoms with Crippen molar-refractivity contribution in [3.63, 3.8) is 0 Å². The lowest BCUT2D eigenvalue weighted by Crippen LogP contribution is -2.16. The zero-order valence-electron chi connectivity index (χ0n) is 9.74. The second-order valence-electron chi connectivity index (χ2n) is 4.49. The Bertz CT molecular complexity index is 389. The van der Waals surface area contributed by atoms with E-state index in [0.29, 0.717) is 5.82 Å². The number of nitrogen functional groups attached to an aromatic ring is 1. The SMILES string of the molecule is Cc1ccnc(N)c1C1=CC(N)CCCC1. The van der Waals surface area contributed by atoms with Crippen LogP contribution in [0.25, 0.3) is 5.57 Å². The minimum absolute atomic E-state index is 0.163. The average molecular weight is 217 g/mol. The highest BCUT2D eigenvalue weighted by molar-refractivity contribution is 5.75. The summed E-state index contributed by atoms with van der Waals surface area (Å²) in [6.45, 7) is 2.07. The first-order valence-corrected chi connectivity index (χ1v) is 5.86. The van der Waals surface area contributed by atoms with Crippen molar-refractivity contribution >= 4 is 11.4 Å². The molecule has 1 aromatic heterocycles. The quantitative estimate of drug-likeness (QED) is 0.758. The summed E-state index contributed by atoms with van der Waals surface area (Å²) in [5.74, 6) is 0.625. The third-order valence-electron chi connectivity index (χ3n) is 3.16. The Hall–Kier alpha value is -1.35. The van der Waals surface area contributed by atoms with Crippen LogP contribution >= 0.6 is 0 Å². The Balaban J connectivity index is 2.42. The van der Waals surface area contributed by atoms with Gasteiger partial charge in [0.15, 0.2) is 0 Å². The predicted molar refractivity (Wildman–Crippen MR) is 67.8 cm³/mol. The monoisotopic (exact) mass is 217 g/mol. The molecule has 1 aromatic rings. The van der Waals surface area contributed by atoms with Crippen LogP contribution in [0.2, 0.25) is 0 Å². The van der Waals surface area contributed by atoms with Crippen LogP contribution in [0, 0.1) is 6.92 Å². The van der Waals surface area contributed by atoms with Crippen LogP contribution < -0.4 is 11.5 Å². The summed E-state index contributed by atoms with van der Waals surface area (Å²) in [6, 6.07) is 2.17. The third kappa shape index (κ3) is 2.25. The molecular weight excluding hydrogens is 198 g/mol. The standard InChI is InChI=1S/C13H19N3/c1-9-6-7-16-13(15)12(9)10-4-2-3-5-11(14)8-10/h6-8,11H,2-5,14H2,1H3,(H2,15,16). The molecule has 4 N–H and O–H groups in total. The normalized spacial score (nSPS) is 21.4. The van der Waals surface area contributed by atoms with Crippen molar-refractivity contribution in [3.05, 3.63) is 29.5 Å². The number of allylic oxidation sites excluding steroid dienone is 1. The molecule has 16 heavy (non-hydrogen) atoms. The van der Waals surface area contributed by atoms with Crippen LogP contribution in [-0.4, -0.2) is 11.0 Å². The molecule has 0 amide bonds. The maximum Gasteiger partial charge on any atom is 0.131 e. The van der Waals surface area contributed by atoms with Crippen molar-refractivity contribution in [2.24, 2.45) is 5.73 Å². The van der Waals surface area contributed by atoms with Gasteiger partial charge in [-0.3, -0.25) is 0 Å². The number of hydrogen-bond donors (Lipinski definition) is 2. The van der Waals surface area contributed by atoms with Gasteiger partial charge in [0.05, 0.1) is 0 Å². The number of hydrogen-bond acceptors (Lipinski definition) is 3. The highest BCUT2D eigenvalue weighted by atomic mass is 14.8. The highest BCUT2D eigenvalue weighted by Gasteiger charge is 2.14. The van der Waals surface area contributed by atoms with Crippen LogP contribution in [0.15, 0.2) is 18.3 Å². The Morgan fingerprint density at radius 1 is 1.38 bits per heavy atom. The zero-order valence-corrected chi connectivity index (χ0v) is 9.74. The molecule has 1 atom stereocenters. The highest BCUT2D eigenvalue weighted by Crippen LogP contribution is 2.30. The van der Waals surface area contributed by atoms with Crippen LogP contribution in [0.3, 0.4) is 0 Å². The number of aromatic nitrogens is 1. The largest absolute Gasteiger partial charge is 0.383 e. The maximum atomic E-state index is 6.03. The van der Waals surface area contributed by atoms with E-state index >= 15 is 0 Å². The van der Waals surface area contributed by atoms with Crippen LogP contribution in [0.5, 0.6) is 0 Å². The van der Waals surface area contributed by atoms with E-state index in [9.17, 15) is 0 Å². The molecule has 1 heterocycles. The molecule has 0 aliphatic heterocycles. The molecule has 1 aliphatic carbocycles. The molecule has 0 fully saturated rings. The molecule has 0 saturated heterocycles. The number of rotatable bonds is 1. The van der Waals surface area contributed by atoms with Crippen molar-refractivity contribution in [3.8, 4) is 0 Å². The van der Waals surface area contributed by atoms with Gasteiger partial charge >= 0.3 is 0 Å². The van der Waals surface area contributed by atoms with Crippen molar-refractivity contribution in [2.75, 3.05) is 5.73 Å². The van der Waals surface area contributed by atoms with Gasteiger partial charge in [-0.15, -0.1) is 0 Å². The van der Waals surface area contributed by atoms with Crippen molar-refractivity contribution in [2.45, 2.75) is 38.6 Å². The van der Waals surface area contributed by atoms with E-state index < -0.39 is 0 Å². The van der Waals surface area contributed by atoms with E-state index in [1.54, 1.807) is 6.20 Å². The zero-order chi connectivity index (χ0) is 11.5. The van der Waals surface area contributed by atoms with E-state index in [-0.39, 0.29) is 6.04 Å². The minimum Gasteiger partial charge on any atom is -0.383 e. The molecule has 3 nitrogen and oxygen atoms in total. The summed E-state index contributed by atoms with van der Waals surface area (Å²) in [4.78, 5) is 4.17. The summed E-state index contributed by atoms with van der Waals surface area (Å²) in [5.41, 5.74) is 15.5. The van der Waals surface area contributed by atoms with Gasteiger partial charge < -0.3 is 11.5 Å². The number of pyridine rings is 1. The first-order valence-electron chi connectivity index (χ1n) is 5.86. The minimum atomic E-state index is 0.163. The molecule has 3 heteroatoms. The molecule has 0 radical (unpaired) electrons. The molecule has 1 aliphatic rings. The van der Waals surface area contributed by atoms with E-state index in [4.69, 9.17) is 11.5 Å². The molecular formula is C13H19N3. The number of nitrogens with zero attached hydrogens (tertiary/aromatic N) is 1. The van der Waals surface area contributed by atoms with Gasteiger partial charge in [-0.2, -0.15) is 0 Å². The summed E-state index contributed by atoms with van der Waals surface area (Å²) < 4.78 is 0. The summed E-state index contributed by atoms with van der Waals surface area (Å²) in [7, 11) is 0. The van der Waals surface area contributed by atoms with Crippen LogP contribution in [-0.2, 0) is 0 Å². The van der Waals surface area contributed by atoms with E-state index in [2.05, 4.69) is 18.0 Å². The van der Waals surface area contributed by atoms with E-state index in [1.165, 1.54) is 24.0 Å². The second-order valence-corrected chi connectivity index (χ2v) is 4.49. The fourth-order valence-electron chi connectivity index (χ4n) is 2.33. The maximum absolute atomic E-state index is 6.03. The Morgan fingerprint density at radius 3 is 2.94 bits per heavy atom. The molecule has 86 valence electrons. The third-order valence-corrected chi connectivity index (χ3v) is 3.16. The topological polar surface area (TPSA) is 64.9 Å². The van der Waals surface area contributed by atoms with Crippen molar-refractivity contribution in [1.82, 2.24) is 4.98 Å². The molecule has 0 spiro atoms. The summed E-state index contributed by atoms with van der Waals surface area (Å²) in [5, 5.41) is 0. The van der Waals surface area contributed by atoms with E-state index in [0.717, 1.165) is 18.4 Å². The predicted octanol–water partition coefficient (Wildman–Crippen LogP) is 2.26. The summed E-state index contributed by atoms with van der Waals surface area (Å²) in [6.07, 6.45) is 8.43. The Morgan fingerprint density at radius 2 is 2.19 bits per heavy atom. The van der Waals surface area contributed by atoms with Gasteiger partial charge in [0.1, 0.15) is 5.82 Å². The first kappa shape index (κ1) is 11.1. The lowest BCUT2D eigenvalue weighted by Gasteiger charge is -2.12. The van der Waals surface area contributed by atoms with Gasteiger partial charge in [-0.25, -0.2) is 4.98 Å². The fraction of sp³-hybridized carbons (Fsp3) is 0.462. The van der Waals surface area contributed by atoms with Gasteiger partial charge in [0, 0.05) is 17.8 Å². The van der Waals surface area contributed by atoms with Crippen molar-refractivity contribution < 1.29 is 0 Å². The van der Waals surface area contributed by atoms with Crippen molar-refractivity contribution in [1.29, 1.82) is 0 Å². The van der Waals surface area contributed by atoms with Gasteiger partial charge in [0.2, 0.25) is 0 Å². The van der Waals surface area contributed by atoms with Gasteiger partial charge in [0.25, 0.3) is 0 Å². The lowest BCUT2D eigenvalue weighted by molar-refractivity contribution is 0.658. The number of aryl methyl sites for hydroxylation is 1. The van der Waals surface area contributed by atoms with Gasteiger partial charge in [-0.05, 0) is 43.4 Å². The van der Waals surface area contributed by atoms with Crippen LogP contribution in [0.4, 0.5) is 5.82 Å². The molecule has 0 bridgehead atoms. The first-order chi connectivity index (χ1) is 7.68. The fourth-order valence-corrected chi connectivity index (χ4v) is 2.33. The molecule has 0 saturated carbocycles. The number of nitrogens with two attached hydrogens (primary N) is 2. The smallest absolute Gasteiger partial charge is 0.131 e. The Kier molecular flexibility index (Phi) is 3.25. The van der Waals surface area contributed by atoms with E-state index in [1.807, 2.05) is 6.07 Å². The van der Waals surface area contributed by atoms with Crippen LogP contribution in [0.1, 0.15) is 36.8 Å². The lowest BCUT2D eigenvalue weighted by atomic mass is 9.97. The average Bonchev–Trinajstić information content (AvgIpc) is 2.43. The summed E-state index contributed by atoms with van der Waals surface area (Å²) >= 11 is 0.